The summed E-state index contributed by atoms with van der Waals surface area (Å²) in [6, 6.07) is 7.99. The Hall–Kier alpha value is -4.40. The van der Waals surface area contributed by atoms with Crippen LogP contribution in [-0.2, 0) is 0 Å². The van der Waals surface area contributed by atoms with Crippen LogP contribution in [-0.4, -0.2) is 37.2 Å². The largest absolute Gasteiger partial charge is 0.496 e. The quantitative estimate of drug-likeness (QED) is 0.340. The van der Waals surface area contributed by atoms with Gasteiger partial charge in [0.25, 0.3) is 0 Å². The lowest BCUT2D eigenvalue weighted by atomic mass is 10.0. The molecule has 0 saturated carbocycles. The molecular weight excluding hydrogens is 418 g/mol. The van der Waals surface area contributed by atoms with Crippen molar-refractivity contribution in [2.75, 3.05) is 12.4 Å². The SMILES string of the molecule is COc1cc2c(cc1-c1c(C)noc1C)[nH]c1nc(C)nc(Nc3c[nH]c4ncccc34)c12. The van der Waals surface area contributed by atoms with Crippen LogP contribution in [0.1, 0.15) is 17.3 Å². The zero-order chi connectivity index (χ0) is 22.7. The van der Waals surface area contributed by atoms with E-state index in [2.05, 4.69) is 36.5 Å². The number of nitrogens with one attached hydrogen (secondary N) is 3. The second-order valence-corrected chi connectivity index (χ2v) is 7.99. The third kappa shape index (κ3) is 2.93. The summed E-state index contributed by atoms with van der Waals surface area (Å²) < 4.78 is 11.2. The van der Waals surface area contributed by atoms with Gasteiger partial charge in [-0.15, -0.1) is 0 Å². The summed E-state index contributed by atoms with van der Waals surface area (Å²) in [6.45, 7) is 5.70. The molecule has 9 nitrogen and oxygen atoms in total. The van der Waals surface area contributed by atoms with Crippen LogP contribution in [0.5, 0.6) is 5.75 Å². The van der Waals surface area contributed by atoms with Crippen LogP contribution in [0.2, 0.25) is 0 Å². The molecule has 0 fully saturated rings. The standard InChI is InChI=1S/C24H21N7O2/c1-11-20(12(2)33-31-11)16-8-17-15(9-19(16)32-4)21-23(29-17)27-13(3)28-24(21)30-18-10-26-22-14(18)6-5-7-25-22/h5-10H,1-4H3,(H,25,26)(H2,27,28,29,30). The predicted octanol–water partition coefficient (Wildman–Crippen LogP) is 5.32. The molecule has 5 heterocycles. The van der Waals surface area contributed by atoms with Gasteiger partial charge in [-0.3, -0.25) is 0 Å². The van der Waals surface area contributed by atoms with Crippen molar-refractivity contribution in [3.63, 3.8) is 0 Å². The summed E-state index contributed by atoms with van der Waals surface area (Å²) >= 11 is 0. The third-order valence-electron chi connectivity index (χ3n) is 5.89. The Labute approximate surface area is 188 Å². The van der Waals surface area contributed by atoms with Gasteiger partial charge in [0.15, 0.2) is 0 Å². The minimum atomic E-state index is 0.660. The maximum atomic E-state index is 5.77. The molecule has 0 aliphatic heterocycles. The summed E-state index contributed by atoms with van der Waals surface area (Å²) in [6.07, 6.45) is 3.66. The summed E-state index contributed by atoms with van der Waals surface area (Å²) in [5, 5.41) is 10.4. The van der Waals surface area contributed by atoms with Crippen molar-refractivity contribution in [2.24, 2.45) is 0 Å². The Balaban J connectivity index is 1.59. The lowest BCUT2D eigenvalue weighted by Crippen LogP contribution is -1.98. The number of benzene rings is 1. The second-order valence-electron chi connectivity index (χ2n) is 7.99. The molecule has 0 unspecified atom stereocenters. The Bertz CT molecular complexity index is 1660. The van der Waals surface area contributed by atoms with Crippen LogP contribution < -0.4 is 10.1 Å². The van der Waals surface area contributed by atoms with E-state index in [1.165, 1.54) is 0 Å². The van der Waals surface area contributed by atoms with Crippen LogP contribution >= 0.6 is 0 Å². The number of aromatic amines is 2. The van der Waals surface area contributed by atoms with Crippen molar-refractivity contribution in [2.45, 2.75) is 20.8 Å². The van der Waals surface area contributed by atoms with E-state index in [0.717, 1.165) is 67.0 Å². The maximum Gasteiger partial charge on any atom is 0.144 e. The van der Waals surface area contributed by atoms with Gasteiger partial charge in [0.2, 0.25) is 0 Å². The first kappa shape index (κ1) is 19.3. The summed E-state index contributed by atoms with van der Waals surface area (Å²) in [5.74, 6) is 2.83. The van der Waals surface area contributed by atoms with E-state index in [1.54, 1.807) is 13.3 Å². The smallest absolute Gasteiger partial charge is 0.144 e. The molecule has 0 aliphatic rings. The van der Waals surface area contributed by atoms with Gasteiger partial charge in [0.05, 0.1) is 29.4 Å². The highest BCUT2D eigenvalue weighted by molar-refractivity contribution is 6.13. The van der Waals surface area contributed by atoms with E-state index in [9.17, 15) is 0 Å². The highest BCUT2D eigenvalue weighted by atomic mass is 16.5. The summed E-state index contributed by atoms with van der Waals surface area (Å²) in [4.78, 5) is 20.4. The van der Waals surface area contributed by atoms with E-state index in [1.807, 2.05) is 45.2 Å². The number of aryl methyl sites for hydroxylation is 3. The molecule has 5 aromatic heterocycles. The Morgan fingerprint density at radius 2 is 1.94 bits per heavy atom. The van der Waals surface area contributed by atoms with Crippen molar-refractivity contribution in [1.82, 2.24) is 30.1 Å². The second kappa shape index (κ2) is 7.06. The Kier molecular flexibility index (Phi) is 4.13. The van der Waals surface area contributed by atoms with Gasteiger partial charge in [-0.25, -0.2) is 15.0 Å². The minimum Gasteiger partial charge on any atom is -0.496 e. The third-order valence-corrected chi connectivity index (χ3v) is 5.89. The normalized spacial score (nSPS) is 11.6. The number of ether oxygens (including phenoxy) is 1. The molecule has 33 heavy (non-hydrogen) atoms. The molecule has 6 rings (SSSR count). The van der Waals surface area contributed by atoms with Crippen LogP contribution in [0, 0.1) is 20.8 Å². The van der Waals surface area contributed by atoms with Crippen molar-refractivity contribution in [1.29, 1.82) is 0 Å². The first-order valence-electron chi connectivity index (χ1n) is 10.5. The van der Waals surface area contributed by atoms with Gasteiger partial charge in [0, 0.05) is 34.2 Å². The number of hydrogen-bond donors (Lipinski definition) is 3. The monoisotopic (exact) mass is 439 g/mol. The lowest BCUT2D eigenvalue weighted by molar-refractivity contribution is 0.393. The molecular formula is C24H21N7O2. The lowest BCUT2D eigenvalue weighted by Gasteiger charge is -2.10. The topological polar surface area (TPSA) is 118 Å². The number of aromatic nitrogens is 6. The van der Waals surface area contributed by atoms with Gasteiger partial charge in [-0.2, -0.15) is 0 Å². The number of fused-ring (bicyclic) bond motifs is 4. The predicted molar refractivity (Wildman–Crippen MR) is 127 cm³/mol. The molecule has 6 aromatic rings. The van der Waals surface area contributed by atoms with E-state index in [4.69, 9.17) is 14.2 Å². The van der Waals surface area contributed by atoms with E-state index in [-0.39, 0.29) is 0 Å². The molecule has 0 aliphatic carbocycles. The van der Waals surface area contributed by atoms with Crippen molar-refractivity contribution in [3.05, 3.63) is 53.9 Å². The maximum absolute atomic E-state index is 5.77. The number of anilines is 2. The number of pyridine rings is 1. The molecule has 0 atom stereocenters. The zero-order valence-corrected chi connectivity index (χ0v) is 18.6. The first-order chi connectivity index (χ1) is 16.0. The highest BCUT2D eigenvalue weighted by Gasteiger charge is 2.21. The van der Waals surface area contributed by atoms with Crippen molar-refractivity contribution >= 4 is 44.5 Å². The molecule has 3 N–H and O–H groups in total. The molecule has 164 valence electrons. The van der Waals surface area contributed by atoms with Gasteiger partial charge in [-0.1, -0.05) is 5.16 Å². The molecule has 0 bridgehead atoms. The van der Waals surface area contributed by atoms with E-state index < -0.39 is 0 Å². The highest BCUT2D eigenvalue weighted by Crippen LogP contribution is 2.41. The number of rotatable bonds is 4. The molecule has 0 saturated heterocycles. The fourth-order valence-electron chi connectivity index (χ4n) is 4.44. The molecule has 0 spiro atoms. The molecule has 0 amide bonds. The van der Waals surface area contributed by atoms with Crippen molar-refractivity contribution in [3.8, 4) is 16.9 Å². The van der Waals surface area contributed by atoms with Crippen LogP contribution in [0.15, 0.2) is 41.2 Å². The Morgan fingerprint density at radius 3 is 2.73 bits per heavy atom. The fraction of sp³-hybridized carbons (Fsp3) is 0.167. The number of hydrogen-bond acceptors (Lipinski definition) is 7. The minimum absolute atomic E-state index is 0.660. The zero-order valence-electron chi connectivity index (χ0n) is 18.6. The summed E-state index contributed by atoms with van der Waals surface area (Å²) in [7, 11) is 1.66. The van der Waals surface area contributed by atoms with Crippen LogP contribution in [0.4, 0.5) is 11.5 Å². The average molecular weight is 439 g/mol. The number of methoxy groups -OCH3 is 1. The van der Waals surface area contributed by atoms with E-state index in [0.29, 0.717) is 11.6 Å². The van der Waals surface area contributed by atoms with Crippen molar-refractivity contribution < 1.29 is 9.26 Å². The fourth-order valence-corrected chi connectivity index (χ4v) is 4.44. The first-order valence-corrected chi connectivity index (χ1v) is 10.5. The number of nitrogens with zero attached hydrogens (tertiary/aromatic N) is 4. The average Bonchev–Trinajstić information content (AvgIpc) is 3.47. The molecule has 0 radical (unpaired) electrons. The summed E-state index contributed by atoms with van der Waals surface area (Å²) in [5.41, 5.74) is 6.03. The van der Waals surface area contributed by atoms with Crippen LogP contribution in [0.3, 0.4) is 0 Å². The molecule has 1 aromatic carbocycles. The van der Waals surface area contributed by atoms with Gasteiger partial charge < -0.3 is 24.5 Å². The van der Waals surface area contributed by atoms with E-state index >= 15 is 0 Å². The van der Waals surface area contributed by atoms with Gasteiger partial charge in [0.1, 0.15) is 34.4 Å². The molecule has 9 heteroatoms. The number of H-pyrrole nitrogens is 2. The Morgan fingerprint density at radius 1 is 1.06 bits per heavy atom. The van der Waals surface area contributed by atoms with Gasteiger partial charge >= 0.3 is 0 Å². The van der Waals surface area contributed by atoms with Gasteiger partial charge in [-0.05, 0) is 45.0 Å². The van der Waals surface area contributed by atoms with Crippen LogP contribution in [0.25, 0.3) is 44.1 Å².